The Morgan fingerprint density at radius 2 is 1.05 bits per heavy atom. The number of nitrogens with zero attached hydrogens (tertiary/aromatic N) is 6. The number of aromatic nitrogens is 4. The van der Waals surface area contributed by atoms with Gasteiger partial charge in [-0.25, -0.2) is 0 Å². The molecule has 4 heterocycles. The van der Waals surface area contributed by atoms with E-state index in [0.29, 0.717) is 19.4 Å². The van der Waals surface area contributed by atoms with Crippen LogP contribution in [0.15, 0.2) is 225 Å². The predicted molar refractivity (Wildman–Crippen MR) is 301 cm³/mol. The maximum atomic E-state index is 14.9. The van der Waals surface area contributed by atoms with E-state index in [0.717, 1.165) is 27.9 Å². The Morgan fingerprint density at radius 3 is 1.53 bits per heavy atom. The van der Waals surface area contributed by atoms with Crippen LogP contribution in [-0.2, 0) is 33.6 Å². The zero-order valence-corrected chi connectivity index (χ0v) is 45.8. The number of anilines is 1. The summed E-state index contributed by atoms with van der Waals surface area (Å²) in [6.45, 7) is -0.0778. The molecule has 1 unspecified atom stereocenters. The second kappa shape index (κ2) is 23.9. The average Bonchev–Trinajstić information content (AvgIpc) is 4.01. The predicted octanol–water partition coefficient (Wildman–Crippen LogP) is 9.53. The summed E-state index contributed by atoms with van der Waals surface area (Å²) < 4.78 is 41.7. The molecule has 0 bridgehead atoms. The van der Waals surface area contributed by atoms with Gasteiger partial charge in [-0.15, -0.1) is 0 Å². The van der Waals surface area contributed by atoms with E-state index in [4.69, 9.17) is 18.7 Å². The molecule has 17 nitrogen and oxygen atoms in total. The zero-order valence-electron chi connectivity index (χ0n) is 43.2. The van der Waals surface area contributed by atoms with Crippen LogP contribution >= 0.6 is 6.21 Å². The van der Waals surface area contributed by atoms with Crippen LogP contribution < -0.4 is 9.99 Å². The van der Waals surface area contributed by atoms with E-state index < -0.39 is 78.6 Å². The number of ether oxygens (including phenoxy) is 3. The van der Waals surface area contributed by atoms with E-state index in [2.05, 4.69) is 40.5 Å². The van der Waals surface area contributed by atoms with Gasteiger partial charge in [0, 0.05) is 11.1 Å². The number of fused-ring (bicyclic) bond motifs is 1. The number of likely N-dealkylation sites (tertiary alicyclic amines) is 1. The summed E-state index contributed by atoms with van der Waals surface area (Å²) >= 11 is 2.59. The molecule has 3 amide bonds. The van der Waals surface area contributed by atoms with Crippen molar-refractivity contribution in [3.05, 3.63) is 264 Å². The van der Waals surface area contributed by atoms with Gasteiger partial charge >= 0.3 is 395 Å². The molecule has 11 rings (SSSR count). The zero-order chi connectivity index (χ0) is 55.9. The minimum atomic E-state index is -4.26. The van der Waals surface area contributed by atoms with Gasteiger partial charge in [0.05, 0.1) is 0 Å². The van der Waals surface area contributed by atoms with E-state index in [1.807, 2.05) is 91.0 Å². The molecule has 9 aromatic rings. The van der Waals surface area contributed by atoms with E-state index >= 15 is 0 Å². The normalized spacial score (nSPS) is 18.8. The van der Waals surface area contributed by atoms with Crippen molar-refractivity contribution < 1.29 is 47.3 Å². The number of hydrogen-bond donors (Lipinski definition) is 1. The summed E-state index contributed by atoms with van der Waals surface area (Å²) in [7, 11) is 0. The Hall–Kier alpha value is -8.73. The van der Waals surface area contributed by atoms with Crippen molar-refractivity contribution in [3.63, 3.8) is 0 Å². The first-order valence-corrected chi connectivity index (χ1v) is 29.9. The van der Waals surface area contributed by atoms with Crippen molar-refractivity contribution in [2.75, 3.05) is 18.1 Å². The molecule has 2 fully saturated rings. The summed E-state index contributed by atoms with van der Waals surface area (Å²) in [6, 6.07) is 61.8. The first kappa shape index (κ1) is 54.2. The van der Waals surface area contributed by atoms with Crippen molar-refractivity contribution in [1.82, 2.24) is 29.5 Å². The molecule has 405 valence electrons. The number of imidazole rings is 1. The van der Waals surface area contributed by atoms with E-state index in [1.165, 1.54) is 10.9 Å². The van der Waals surface area contributed by atoms with Gasteiger partial charge in [0.1, 0.15) is 0 Å². The fraction of sp³-hybridized carbons (Fsp3) is 0.161. The quantitative estimate of drug-likeness (QED) is 0.0297. The Balaban J connectivity index is 0.941. The van der Waals surface area contributed by atoms with Gasteiger partial charge in [-0.1, -0.05) is 36.4 Å². The van der Waals surface area contributed by atoms with E-state index in [-0.39, 0.29) is 39.2 Å². The van der Waals surface area contributed by atoms with Crippen LogP contribution in [0.1, 0.15) is 77.2 Å². The monoisotopic (exact) mass is 1160 g/mol. The van der Waals surface area contributed by atoms with Crippen LogP contribution in [0.2, 0.25) is 0 Å². The number of carbonyl (C=O) groups excluding carboxylic acids is 5. The van der Waals surface area contributed by atoms with Crippen molar-refractivity contribution in [1.29, 1.82) is 0 Å². The van der Waals surface area contributed by atoms with Gasteiger partial charge in [-0.05, 0) is 24.3 Å². The van der Waals surface area contributed by atoms with Gasteiger partial charge in [0.15, 0.2) is 0 Å². The minimum absolute atomic E-state index is 0.0209. The molecule has 1 N–H and O–H groups in total. The molecule has 1 radical (unpaired) electrons. The van der Waals surface area contributed by atoms with Crippen molar-refractivity contribution in [3.8, 4) is 0 Å². The fourth-order valence-electron chi connectivity index (χ4n) is 10.6. The number of hydrogen-bond acceptors (Lipinski definition) is 14. The average molecular weight is 1160 g/mol. The van der Waals surface area contributed by atoms with E-state index in [1.54, 1.807) is 121 Å². The third kappa shape index (κ3) is 11.1. The first-order valence-electron chi connectivity index (χ1n) is 26.1. The number of benzene rings is 7. The third-order valence-electron chi connectivity index (χ3n) is 14.3. The molecule has 0 spiro atoms. The first-order chi connectivity index (χ1) is 39.5. The molecule has 6 atom stereocenters. The SMILES string of the molecule is O=C(O[C@@H]1[C@H](OC(=O)c2ccccc2)[C@@H](COP(=O)([Se])NC(=O)[C@@H]2CCCN2C(c2ccccc2)(c2ccccc2)c2ccccc2)O[C@H]1n1cnc2c(N(C(=O)c3ccccc3)C(=O)c3ccccc3)ncnc21)c1ccccc1. The summed E-state index contributed by atoms with van der Waals surface area (Å²) in [5, 5.41) is 2.70. The Kier molecular flexibility index (Phi) is 16.0. The number of rotatable bonds is 17. The molecular formula is C62H51N7O10PSe. The van der Waals surface area contributed by atoms with Crippen molar-refractivity contribution in [2.45, 2.75) is 49.0 Å². The van der Waals surface area contributed by atoms with Crippen LogP contribution in [0.5, 0.6) is 0 Å². The molecular weight excluding hydrogens is 1110 g/mol. The summed E-state index contributed by atoms with van der Waals surface area (Å²) in [5.41, 5.74) is 2.54. The van der Waals surface area contributed by atoms with Gasteiger partial charge in [0.2, 0.25) is 0 Å². The van der Waals surface area contributed by atoms with E-state index in [9.17, 15) is 28.5 Å². The molecule has 19 heteroatoms. The summed E-state index contributed by atoms with van der Waals surface area (Å²) in [6.07, 6.45) is -6.52. The van der Waals surface area contributed by atoms with Gasteiger partial charge in [-0.2, -0.15) is 0 Å². The number of amides is 3. The number of esters is 2. The van der Waals surface area contributed by atoms with Crippen LogP contribution in [0.3, 0.4) is 0 Å². The number of nitrogens with one attached hydrogen (secondary N) is 1. The van der Waals surface area contributed by atoms with Gasteiger partial charge in [-0.3, -0.25) is 9.59 Å². The molecule has 2 aliphatic heterocycles. The topological polar surface area (TPSA) is 201 Å². The van der Waals surface area contributed by atoms with Gasteiger partial charge < -0.3 is 0 Å². The molecule has 81 heavy (non-hydrogen) atoms. The standard InChI is InChI=1S/C62H51N7O10PSe/c70-56(49-37-22-38-68(49)62(46-31-16-5-17-32-46,47-33-18-6-19-34-47)48-35-20-7-21-36-48)66-80(75,81)76-39-50-52(78-60(73)44-27-12-3-13-28-44)53(79-61(74)45-29-14-4-15-30-45)59(77-50)67-41-65-51-54(67)63-40-64-55(51)69(57(71)42-23-8-1-9-24-42)58(72)43-25-10-2-11-26-43/h1-21,23-36,40-41,49-50,52-53,59H,22,37-39H2,(H,66,70,75)/t49-,50+,52+,53+,59+,80?/m0/s1. The van der Waals surface area contributed by atoms with Crippen molar-refractivity contribution in [2.24, 2.45) is 0 Å². The van der Waals surface area contributed by atoms with Crippen LogP contribution in [0, 0.1) is 0 Å². The molecule has 0 aliphatic carbocycles. The summed E-state index contributed by atoms with van der Waals surface area (Å²) in [5.74, 6) is -3.76. The van der Waals surface area contributed by atoms with Crippen LogP contribution in [0.4, 0.5) is 5.82 Å². The molecule has 2 aromatic heterocycles. The molecule has 2 saturated heterocycles. The van der Waals surface area contributed by atoms with Crippen molar-refractivity contribution >= 4 is 68.4 Å². The van der Waals surface area contributed by atoms with Crippen LogP contribution in [0.25, 0.3) is 11.2 Å². The number of imide groups is 1. The van der Waals surface area contributed by atoms with Crippen LogP contribution in [-0.4, -0.2) is 107 Å². The second-order valence-electron chi connectivity index (χ2n) is 19.2. The Labute approximate surface area is 473 Å². The molecule has 2 aliphatic rings. The Bertz CT molecular complexity index is 3600. The fourth-order valence-corrected chi connectivity index (χ4v) is 12.4. The second-order valence-corrected chi connectivity index (χ2v) is 23.7. The molecule has 0 saturated carbocycles. The Morgan fingerprint density at radius 1 is 0.605 bits per heavy atom. The number of carbonyl (C=O) groups is 5. The third-order valence-corrected chi connectivity index (χ3v) is 16.5. The summed E-state index contributed by atoms with van der Waals surface area (Å²) in [4.78, 5) is 88.8. The maximum absolute atomic E-state index is 14.9. The van der Waals surface area contributed by atoms with Gasteiger partial charge in [0.25, 0.3) is 0 Å². The molecule has 7 aromatic carbocycles.